The Morgan fingerprint density at radius 2 is 1.21 bits per heavy atom. The second-order valence-electron chi connectivity index (χ2n) is 20.9. The van der Waals surface area contributed by atoms with Gasteiger partial charge in [-0.05, 0) is 113 Å². The van der Waals surface area contributed by atoms with Gasteiger partial charge in [-0.3, -0.25) is 4.57 Å². The molecule has 5 aromatic carbocycles. The second-order valence-corrected chi connectivity index (χ2v) is 20.9. The van der Waals surface area contributed by atoms with E-state index >= 15 is 0 Å². The van der Waals surface area contributed by atoms with Crippen LogP contribution >= 0.6 is 0 Å². The van der Waals surface area contributed by atoms with Gasteiger partial charge in [0.15, 0.2) is 0 Å². The predicted octanol–water partition coefficient (Wildman–Crippen LogP) is 14.9. The number of aliphatic imine (C=N–C) groups is 1. The summed E-state index contributed by atoms with van der Waals surface area (Å²) in [5.74, 6) is 3.21. The minimum atomic E-state index is -0.676. The molecule has 0 fully saturated rings. The Morgan fingerprint density at radius 3 is 1.80 bits per heavy atom. The molecule has 1 aliphatic heterocycles. The first-order chi connectivity index (χ1) is 28.7. The van der Waals surface area contributed by atoms with Crippen molar-refractivity contribution in [3.8, 4) is 17.3 Å². The highest BCUT2D eigenvalue weighted by atomic mass is 16.5. The van der Waals surface area contributed by atoms with Crippen molar-refractivity contribution in [1.29, 1.82) is 0 Å². The summed E-state index contributed by atoms with van der Waals surface area (Å²) < 4.78 is 16.5. The number of ether oxygens (including phenoxy) is 2. The Hall–Kier alpha value is -5.68. The van der Waals surface area contributed by atoms with Gasteiger partial charge in [0.05, 0.1) is 11.0 Å². The van der Waals surface area contributed by atoms with Gasteiger partial charge >= 0.3 is 0 Å². The van der Waals surface area contributed by atoms with Crippen LogP contribution < -0.4 is 4.74 Å². The average molecular weight is 810 g/mol. The lowest BCUT2D eigenvalue weighted by molar-refractivity contribution is -0.0653. The SMILES string of the molecule is CC(C)c1cc(Oc2ccc3c4cc(C(C)(C)C)ccc4n(-c4cc(C(C)(C)C)ccn4)c3c2)cc(C2=N[C@](C)(C(c3ccccc3)c3ccccc3)[C@@](C)(C(C)(C)C)O2)c1. The van der Waals surface area contributed by atoms with E-state index < -0.39 is 11.1 Å². The zero-order valence-corrected chi connectivity index (χ0v) is 38.5. The number of nitrogens with zero attached hydrogens (tertiary/aromatic N) is 3. The smallest absolute Gasteiger partial charge is 0.217 e. The summed E-state index contributed by atoms with van der Waals surface area (Å²) in [6.07, 6.45) is 1.93. The molecular formula is C56H63N3O2. The van der Waals surface area contributed by atoms with Crippen molar-refractivity contribution in [3.05, 3.63) is 167 Å². The van der Waals surface area contributed by atoms with Crippen molar-refractivity contribution in [2.45, 2.75) is 124 Å². The van der Waals surface area contributed by atoms with Crippen molar-refractivity contribution >= 4 is 27.7 Å². The molecule has 0 N–H and O–H groups in total. The van der Waals surface area contributed by atoms with Crippen LogP contribution in [-0.2, 0) is 15.6 Å². The minimum absolute atomic E-state index is 0.00823. The monoisotopic (exact) mass is 809 g/mol. The maximum atomic E-state index is 7.29. The molecule has 5 nitrogen and oxygen atoms in total. The van der Waals surface area contributed by atoms with E-state index in [2.05, 4.69) is 222 Å². The summed E-state index contributed by atoms with van der Waals surface area (Å²) in [6, 6.07) is 45.7. The molecule has 8 rings (SSSR count). The first-order valence-electron chi connectivity index (χ1n) is 22.0. The van der Waals surface area contributed by atoms with Gasteiger partial charge in [-0.25, -0.2) is 9.98 Å². The molecule has 2 aromatic heterocycles. The first kappa shape index (κ1) is 42.0. The van der Waals surface area contributed by atoms with Gasteiger partial charge in [-0.1, -0.05) is 143 Å². The van der Waals surface area contributed by atoms with E-state index in [1.807, 2.05) is 6.20 Å². The molecule has 5 heteroatoms. The molecule has 61 heavy (non-hydrogen) atoms. The Kier molecular flexibility index (Phi) is 10.4. The van der Waals surface area contributed by atoms with Gasteiger partial charge in [-0.15, -0.1) is 0 Å². The Morgan fingerprint density at radius 1 is 0.590 bits per heavy atom. The standard InChI is InChI=1S/C56H63N3O2/c1-36(2)39-30-40(51-58-55(12,56(13,61-51)54(9,10)11)50(37-20-16-14-17-21-37)38-22-18-15-19-23-38)32-44(31-39)60-43-25-26-45-46-33-41(52(3,4)5)24-27-47(46)59(48(45)35-43)49-34-42(28-29-57-49)53(6,7)8/h14-36,50H,1-13H3/t55-,56-/m1/s1. The Bertz CT molecular complexity index is 2720. The van der Waals surface area contributed by atoms with Crippen molar-refractivity contribution in [3.63, 3.8) is 0 Å². The van der Waals surface area contributed by atoms with E-state index in [-0.39, 0.29) is 28.1 Å². The van der Waals surface area contributed by atoms with Crippen LogP contribution in [0.5, 0.6) is 11.5 Å². The number of benzene rings is 5. The Labute approximate surface area is 363 Å². The van der Waals surface area contributed by atoms with Crippen LogP contribution in [0, 0.1) is 5.41 Å². The van der Waals surface area contributed by atoms with Gasteiger partial charge in [0.2, 0.25) is 5.90 Å². The number of hydrogen-bond donors (Lipinski definition) is 0. The van der Waals surface area contributed by atoms with Crippen LogP contribution in [-0.4, -0.2) is 26.6 Å². The fraction of sp³-hybridized carbons (Fsp3) is 0.357. The van der Waals surface area contributed by atoms with Crippen LogP contribution in [0.2, 0.25) is 0 Å². The summed E-state index contributed by atoms with van der Waals surface area (Å²) in [6.45, 7) is 29.3. The summed E-state index contributed by atoms with van der Waals surface area (Å²) in [5.41, 5.74) is 7.55. The summed E-state index contributed by atoms with van der Waals surface area (Å²) in [4.78, 5) is 10.7. The molecule has 314 valence electrons. The van der Waals surface area contributed by atoms with Crippen molar-refractivity contribution in [1.82, 2.24) is 9.55 Å². The third kappa shape index (κ3) is 7.55. The highest BCUT2D eigenvalue weighted by Gasteiger charge is 2.62. The van der Waals surface area contributed by atoms with Gasteiger partial charge in [0.1, 0.15) is 28.5 Å². The maximum absolute atomic E-state index is 7.29. The molecule has 0 aliphatic carbocycles. The van der Waals surface area contributed by atoms with Gasteiger partial charge < -0.3 is 9.47 Å². The summed E-state index contributed by atoms with van der Waals surface area (Å²) in [5, 5.41) is 2.36. The molecule has 0 saturated carbocycles. The van der Waals surface area contributed by atoms with E-state index in [1.54, 1.807) is 0 Å². The predicted molar refractivity (Wildman–Crippen MR) is 255 cm³/mol. The van der Waals surface area contributed by atoms with Crippen LogP contribution in [0.3, 0.4) is 0 Å². The van der Waals surface area contributed by atoms with E-state index in [4.69, 9.17) is 19.5 Å². The number of rotatable bonds is 8. The summed E-state index contributed by atoms with van der Waals surface area (Å²) in [7, 11) is 0. The number of fused-ring (bicyclic) bond motifs is 3. The van der Waals surface area contributed by atoms with E-state index in [0.29, 0.717) is 5.90 Å². The highest BCUT2D eigenvalue weighted by molar-refractivity contribution is 6.10. The van der Waals surface area contributed by atoms with Crippen molar-refractivity contribution in [2.75, 3.05) is 0 Å². The van der Waals surface area contributed by atoms with E-state index in [0.717, 1.165) is 44.9 Å². The third-order valence-corrected chi connectivity index (χ3v) is 13.4. The van der Waals surface area contributed by atoms with Crippen LogP contribution in [0.4, 0.5) is 0 Å². The lowest BCUT2D eigenvalue weighted by atomic mass is 9.59. The third-order valence-electron chi connectivity index (χ3n) is 13.4. The van der Waals surface area contributed by atoms with Gasteiger partial charge in [-0.2, -0.15) is 0 Å². The second kappa shape index (κ2) is 15.0. The molecule has 1 aliphatic rings. The molecule has 7 aromatic rings. The normalized spacial score (nSPS) is 18.6. The lowest BCUT2D eigenvalue weighted by Crippen LogP contribution is -2.58. The molecule has 0 amide bonds. The molecule has 2 atom stereocenters. The average Bonchev–Trinajstić information content (AvgIpc) is 3.69. The van der Waals surface area contributed by atoms with Crippen molar-refractivity contribution in [2.24, 2.45) is 10.4 Å². The molecular weight excluding hydrogens is 747 g/mol. The number of aromatic nitrogens is 2. The van der Waals surface area contributed by atoms with Gasteiger partial charge in [0, 0.05) is 39.9 Å². The topological polar surface area (TPSA) is 48.6 Å². The summed E-state index contributed by atoms with van der Waals surface area (Å²) >= 11 is 0. The zero-order chi connectivity index (χ0) is 43.7. The number of pyridine rings is 1. The van der Waals surface area contributed by atoms with Crippen LogP contribution in [0.1, 0.15) is 135 Å². The maximum Gasteiger partial charge on any atom is 0.217 e. The van der Waals surface area contributed by atoms with E-state index in [1.165, 1.54) is 27.6 Å². The quantitative estimate of drug-likeness (QED) is 0.154. The number of hydrogen-bond acceptors (Lipinski definition) is 4. The van der Waals surface area contributed by atoms with Crippen LogP contribution in [0.25, 0.3) is 27.6 Å². The molecule has 0 bridgehead atoms. The zero-order valence-electron chi connectivity index (χ0n) is 38.5. The molecule has 0 radical (unpaired) electrons. The minimum Gasteiger partial charge on any atom is -0.468 e. The highest BCUT2D eigenvalue weighted by Crippen LogP contribution is 2.56. The largest absolute Gasteiger partial charge is 0.468 e. The van der Waals surface area contributed by atoms with Gasteiger partial charge in [0.25, 0.3) is 0 Å². The molecule has 0 spiro atoms. The van der Waals surface area contributed by atoms with Crippen LogP contribution in [0.15, 0.2) is 139 Å². The van der Waals surface area contributed by atoms with E-state index in [9.17, 15) is 0 Å². The fourth-order valence-electron chi connectivity index (χ4n) is 9.20. The molecule has 0 saturated heterocycles. The molecule has 3 heterocycles. The lowest BCUT2D eigenvalue weighted by Gasteiger charge is -2.50. The fourth-order valence-corrected chi connectivity index (χ4v) is 9.20. The van der Waals surface area contributed by atoms with Crippen molar-refractivity contribution < 1.29 is 9.47 Å². The Balaban J connectivity index is 1.27. The molecule has 0 unspecified atom stereocenters. The first-order valence-corrected chi connectivity index (χ1v) is 22.0.